The highest BCUT2D eigenvalue weighted by Gasteiger charge is 2.33. The predicted molar refractivity (Wildman–Crippen MR) is 164 cm³/mol. The van der Waals surface area contributed by atoms with Crippen LogP contribution in [0.4, 0.5) is 11.4 Å². The van der Waals surface area contributed by atoms with E-state index in [1.54, 1.807) is 53.4 Å². The van der Waals surface area contributed by atoms with Gasteiger partial charge in [-0.25, -0.2) is 4.99 Å². The summed E-state index contributed by atoms with van der Waals surface area (Å²) in [7, 11) is 0. The summed E-state index contributed by atoms with van der Waals surface area (Å²) < 4.78 is 6.00. The maximum atomic E-state index is 13.6. The van der Waals surface area contributed by atoms with E-state index in [1.165, 1.54) is 23.9 Å². The average Bonchev–Trinajstić information content (AvgIpc) is 3.68. The van der Waals surface area contributed by atoms with Crippen molar-refractivity contribution in [2.45, 2.75) is 6.42 Å². The van der Waals surface area contributed by atoms with Crippen molar-refractivity contribution >= 4 is 74.4 Å². The molecule has 8 nitrogen and oxygen atoms in total. The Morgan fingerprint density at radius 2 is 1.83 bits per heavy atom. The standard InChI is InChI=1S/C30H20Cl2N4O4S/c31-24-6-3-5-23(28(24)32)26-13-12-21(40-26)16-27-29(37)35(15-14-18-17-33-25-7-2-1-4-22(18)25)30(41-27)34-19-8-10-20(11-9-19)36(38)39/h1-13,16-17,33H,14-15H2/b27-16+,34-30?. The Morgan fingerprint density at radius 1 is 1.02 bits per heavy atom. The van der Waals surface area contributed by atoms with Gasteiger partial charge >= 0.3 is 0 Å². The Labute approximate surface area is 248 Å². The van der Waals surface area contributed by atoms with Crippen LogP contribution < -0.4 is 0 Å². The van der Waals surface area contributed by atoms with Crippen LogP contribution in [0.3, 0.4) is 0 Å². The zero-order chi connectivity index (χ0) is 28.5. The molecule has 0 unspecified atom stereocenters. The number of non-ortho nitro benzene ring substituents is 1. The van der Waals surface area contributed by atoms with Gasteiger partial charge in [0.25, 0.3) is 11.6 Å². The SMILES string of the molecule is O=C1/C(=C\c2ccc(-c3cccc(Cl)c3Cl)o2)SC(=Nc2ccc([N+](=O)[O-])cc2)N1CCc1c[nH]c2ccccc12. The van der Waals surface area contributed by atoms with E-state index >= 15 is 0 Å². The molecule has 6 rings (SSSR count). The van der Waals surface area contributed by atoms with E-state index in [0.29, 0.717) is 55.9 Å². The van der Waals surface area contributed by atoms with Crippen LogP contribution in [-0.2, 0) is 11.2 Å². The fraction of sp³-hybridized carbons (Fsp3) is 0.0667. The third kappa shape index (κ3) is 5.52. The lowest BCUT2D eigenvalue weighted by Gasteiger charge is -2.15. The Bertz CT molecular complexity index is 1860. The molecular formula is C30H20Cl2N4O4S. The monoisotopic (exact) mass is 602 g/mol. The number of aliphatic imine (C=N–C) groups is 1. The summed E-state index contributed by atoms with van der Waals surface area (Å²) in [5.41, 5.74) is 3.22. The van der Waals surface area contributed by atoms with Crippen LogP contribution >= 0.6 is 35.0 Å². The number of rotatable bonds is 7. The number of aromatic nitrogens is 1. The summed E-state index contributed by atoms with van der Waals surface area (Å²) in [5.74, 6) is 0.782. The lowest BCUT2D eigenvalue weighted by molar-refractivity contribution is -0.384. The normalized spacial score (nSPS) is 15.5. The number of nitro groups is 1. The molecule has 2 aromatic heterocycles. The van der Waals surface area contributed by atoms with E-state index in [1.807, 2.05) is 30.5 Å². The number of aromatic amines is 1. The molecule has 3 heterocycles. The van der Waals surface area contributed by atoms with Gasteiger partial charge in [0.05, 0.1) is 25.6 Å². The van der Waals surface area contributed by atoms with E-state index in [0.717, 1.165) is 16.5 Å². The van der Waals surface area contributed by atoms with Gasteiger partial charge in [0.15, 0.2) is 5.17 Å². The van der Waals surface area contributed by atoms with Crippen molar-refractivity contribution in [2.24, 2.45) is 4.99 Å². The maximum absolute atomic E-state index is 13.6. The summed E-state index contributed by atoms with van der Waals surface area (Å²) in [5, 5.41) is 13.4. The molecule has 0 saturated carbocycles. The number of halogens is 2. The molecule has 1 aliphatic heterocycles. The van der Waals surface area contributed by atoms with Crippen molar-refractivity contribution in [3.8, 4) is 11.3 Å². The second kappa shape index (κ2) is 11.3. The Kier molecular flexibility index (Phi) is 7.40. The lowest BCUT2D eigenvalue weighted by Crippen LogP contribution is -2.31. The van der Waals surface area contributed by atoms with Gasteiger partial charge in [-0.15, -0.1) is 0 Å². The number of hydrogen-bond acceptors (Lipinski definition) is 6. The zero-order valence-electron chi connectivity index (χ0n) is 21.2. The molecule has 204 valence electrons. The summed E-state index contributed by atoms with van der Waals surface area (Å²) >= 11 is 13.7. The van der Waals surface area contributed by atoms with Crippen molar-refractivity contribution in [2.75, 3.05) is 6.54 Å². The molecule has 0 bridgehead atoms. The minimum Gasteiger partial charge on any atom is -0.457 e. The van der Waals surface area contributed by atoms with Crippen molar-refractivity contribution in [3.63, 3.8) is 0 Å². The first kappa shape index (κ1) is 26.9. The van der Waals surface area contributed by atoms with Crippen LogP contribution in [0.25, 0.3) is 28.3 Å². The maximum Gasteiger partial charge on any atom is 0.269 e. The molecular weight excluding hydrogens is 583 g/mol. The average molecular weight is 603 g/mol. The molecule has 0 radical (unpaired) electrons. The molecule has 1 amide bonds. The van der Waals surface area contributed by atoms with Crippen LogP contribution in [-0.4, -0.2) is 32.4 Å². The van der Waals surface area contributed by atoms with Gasteiger partial charge < -0.3 is 9.40 Å². The molecule has 11 heteroatoms. The van der Waals surface area contributed by atoms with Gasteiger partial charge in [-0.1, -0.05) is 47.5 Å². The van der Waals surface area contributed by atoms with E-state index in [9.17, 15) is 14.9 Å². The van der Waals surface area contributed by atoms with Gasteiger partial charge in [-0.3, -0.25) is 19.8 Å². The Morgan fingerprint density at radius 3 is 2.63 bits per heavy atom. The third-order valence-electron chi connectivity index (χ3n) is 6.57. The first-order valence-electron chi connectivity index (χ1n) is 12.5. The van der Waals surface area contributed by atoms with Crippen LogP contribution in [0.2, 0.25) is 10.0 Å². The molecule has 1 N–H and O–H groups in total. The number of amides is 1. The number of nitro benzene ring substituents is 1. The highest BCUT2D eigenvalue weighted by Crippen LogP contribution is 2.37. The number of nitrogens with one attached hydrogen (secondary N) is 1. The summed E-state index contributed by atoms with van der Waals surface area (Å²) in [4.78, 5) is 34.2. The predicted octanol–water partition coefficient (Wildman–Crippen LogP) is 8.49. The zero-order valence-corrected chi connectivity index (χ0v) is 23.5. The van der Waals surface area contributed by atoms with Crippen LogP contribution in [0, 0.1) is 10.1 Å². The number of furan rings is 1. The summed E-state index contributed by atoms with van der Waals surface area (Å²) in [6.07, 6.45) is 4.22. The van der Waals surface area contributed by atoms with Gasteiger partial charge in [-0.2, -0.15) is 0 Å². The number of benzene rings is 3. The molecule has 0 atom stereocenters. The van der Waals surface area contributed by atoms with Crippen molar-refractivity contribution in [1.82, 2.24) is 9.88 Å². The fourth-order valence-corrected chi connectivity index (χ4v) is 5.92. The first-order chi connectivity index (χ1) is 19.9. The van der Waals surface area contributed by atoms with E-state index in [2.05, 4.69) is 9.98 Å². The van der Waals surface area contributed by atoms with Crippen LogP contribution in [0.5, 0.6) is 0 Å². The third-order valence-corrected chi connectivity index (χ3v) is 8.40. The molecule has 3 aromatic carbocycles. The number of fused-ring (bicyclic) bond motifs is 1. The van der Waals surface area contributed by atoms with Crippen LogP contribution in [0.1, 0.15) is 11.3 Å². The largest absolute Gasteiger partial charge is 0.457 e. The highest BCUT2D eigenvalue weighted by molar-refractivity contribution is 8.18. The lowest BCUT2D eigenvalue weighted by atomic mass is 10.1. The van der Waals surface area contributed by atoms with Gasteiger partial charge in [-0.05, 0) is 66.2 Å². The summed E-state index contributed by atoms with van der Waals surface area (Å²) in [6.45, 7) is 0.387. The quantitative estimate of drug-likeness (QED) is 0.114. The van der Waals surface area contributed by atoms with E-state index in [-0.39, 0.29) is 11.6 Å². The van der Waals surface area contributed by atoms with Gasteiger partial charge in [0, 0.05) is 47.4 Å². The van der Waals surface area contributed by atoms with Gasteiger partial charge in [0.2, 0.25) is 0 Å². The highest BCUT2D eigenvalue weighted by atomic mass is 35.5. The first-order valence-corrected chi connectivity index (χ1v) is 14.1. The number of thioether (sulfide) groups is 1. The Hall–Kier alpha value is -4.31. The number of carbonyl (C=O) groups is 1. The summed E-state index contributed by atoms with van der Waals surface area (Å²) in [6, 6.07) is 22.7. The number of amidine groups is 1. The Balaban J connectivity index is 1.31. The molecule has 41 heavy (non-hydrogen) atoms. The number of carbonyl (C=O) groups excluding carboxylic acids is 1. The molecule has 0 aliphatic carbocycles. The molecule has 5 aromatic rings. The molecule has 1 aliphatic rings. The smallest absolute Gasteiger partial charge is 0.269 e. The number of H-pyrrole nitrogens is 1. The number of hydrogen-bond donors (Lipinski definition) is 1. The minimum atomic E-state index is -0.465. The van der Waals surface area contributed by atoms with Crippen molar-refractivity contribution < 1.29 is 14.1 Å². The number of nitrogens with zero attached hydrogens (tertiary/aromatic N) is 3. The second-order valence-corrected chi connectivity index (χ2v) is 10.9. The fourth-order valence-electron chi connectivity index (χ4n) is 4.52. The van der Waals surface area contributed by atoms with Gasteiger partial charge in [0.1, 0.15) is 11.5 Å². The van der Waals surface area contributed by atoms with Crippen LogP contribution in [0.15, 0.2) is 99.4 Å². The van der Waals surface area contributed by atoms with Crippen molar-refractivity contribution in [3.05, 3.63) is 121 Å². The molecule has 0 spiro atoms. The minimum absolute atomic E-state index is 0.0330. The second-order valence-electron chi connectivity index (χ2n) is 9.15. The van der Waals surface area contributed by atoms with Crippen molar-refractivity contribution in [1.29, 1.82) is 0 Å². The van der Waals surface area contributed by atoms with E-state index in [4.69, 9.17) is 27.6 Å². The number of para-hydroxylation sites is 1. The molecule has 1 saturated heterocycles. The topological polar surface area (TPSA) is 105 Å². The molecule has 1 fully saturated rings. The van der Waals surface area contributed by atoms with E-state index < -0.39 is 4.92 Å².